The van der Waals surface area contributed by atoms with Gasteiger partial charge in [0, 0.05) is 11.4 Å². The number of quaternary nitrogens is 1. The zero-order chi connectivity index (χ0) is 28.4. The number of aryl methyl sites for hydroxylation is 1. The van der Waals surface area contributed by atoms with E-state index in [4.69, 9.17) is 14.5 Å². The lowest BCUT2D eigenvalue weighted by atomic mass is 10.2. The van der Waals surface area contributed by atoms with Crippen molar-refractivity contribution in [1.29, 1.82) is 0 Å². The quantitative estimate of drug-likeness (QED) is 0.250. The van der Waals surface area contributed by atoms with Crippen molar-refractivity contribution in [2.45, 2.75) is 32.4 Å². The van der Waals surface area contributed by atoms with Gasteiger partial charge in [0.2, 0.25) is 6.73 Å². The van der Waals surface area contributed by atoms with Gasteiger partial charge >= 0.3 is 12.1 Å². The Balaban J connectivity index is 0.00000353. The highest BCUT2D eigenvalue weighted by Gasteiger charge is 2.38. The Morgan fingerprint density at radius 1 is 1.05 bits per heavy atom. The Morgan fingerprint density at radius 2 is 1.79 bits per heavy atom. The number of benzene rings is 2. The van der Waals surface area contributed by atoms with Crippen molar-refractivity contribution >= 4 is 45.6 Å². The van der Waals surface area contributed by atoms with Crippen LogP contribution in [0, 0.1) is 6.92 Å². The first kappa shape index (κ1) is 30.3. The molecule has 0 bridgehead atoms. The zero-order valence-corrected chi connectivity index (χ0v) is 26.9. The first-order valence-electron chi connectivity index (χ1n) is 14.2. The summed E-state index contributed by atoms with van der Waals surface area (Å²) in [6, 6.07) is 19.3. The number of halogens is 1. The Bertz CT molecular complexity index is 1450. The number of thiophene rings is 1. The number of hydrogen-bond donors (Lipinski definition) is 1. The van der Waals surface area contributed by atoms with Crippen molar-refractivity contribution in [3.63, 3.8) is 0 Å². The first-order chi connectivity index (χ1) is 19.9. The summed E-state index contributed by atoms with van der Waals surface area (Å²) in [6.45, 7) is 6.28. The van der Waals surface area contributed by atoms with E-state index in [1.165, 1.54) is 9.78 Å². The van der Waals surface area contributed by atoms with Crippen LogP contribution in [-0.4, -0.2) is 84.7 Å². The molecule has 0 saturated carbocycles. The molecule has 4 heterocycles. The summed E-state index contributed by atoms with van der Waals surface area (Å²) in [6.07, 6.45) is 0.902. The van der Waals surface area contributed by atoms with Crippen LogP contribution in [0.15, 0.2) is 65.7 Å². The van der Waals surface area contributed by atoms with Gasteiger partial charge in [0.05, 0.1) is 50.2 Å². The van der Waals surface area contributed by atoms with Gasteiger partial charge in [-0.25, -0.2) is 14.6 Å². The largest absolute Gasteiger partial charge is 1.00 e. The third kappa shape index (κ3) is 6.57. The lowest BCUT2D eigenvalue weighted by Gasteiger charge is -2.42. The minimum absolute atomic E-state index is 0. The number of carbonyl (C=O) groups excluding carboxylic acids is 2. The fourth-order valence-electron chi connectivity index (χ4n) is 5.63. The van der Waals surface area contributed by atoms with Crippen LogP contribution in [0.2, 0.25) is 0 Å². The molecule has 9 nitrogen and oxygen atoms in total. The van der Waals surface area contributed by atoms with E-state index < -0.39 is 12.1 Å². The minimum atomic E-state index is -0.596. The van der Waals surface area contributed by atoms with Crippen LogP contribution >= 0.6 is 11.3 Å². The normalized spacial score (nSPS) is 18.9. The molecule has 2 saturated heterocycles. The van der Waals surface area contributed by atoms with E-state index in [2.05, 4.69) is 36.3 Å². The number of aliphatic imine (C=N–C) groups is 1. The van der Waals surface area contributed by atoms with Crippen LogP contribution in [0.25, 0.3) is 0 Å². The van der Waals surface area contributed by atoms with Crippen LogP contribution in [0.4, 0.5) is 21.2 Å². The molecule has 42 heavy (non-hydrogen) atoms. The zero-order valence-electron chi connectivity index (χ0n) is 23.9. The van der Waals surface area contributed by atoms with Crippen molar-refractivity contribution < 1.29 is 47.5 Å². The number of para-hydroxylation sites is 2. The SMILES string of the molecule is Cc1cc2c(s1)Nc1ccccc1N=C2N1CC[N+](C)(COC(=O)N2CCC[C@H]2C(=O)OCc2ccccc2)CC1.[I-]. The van der Waals surface area contributed by atoms with Crippen LogP contribution in [0.5, 0.6) is 0 Å². The predicted molar refractivity (Wildman–Crippen MR) is 160 cm³/mol. The summed E-state index contributed by atoms with van der Waals surface area (Å²) in [5.41, 5.74) is 4.00. The van der Waals surface area contributed by atoms with Crippen LogP contribution in [0.3, 0.4) is 0 Å². The van der Waals surface area contributed by atoms with Gasteiger partial charge in [-0.05, 0) is 43.5 Å². The first-order valence-corrected chi connectivity index (χ1v) is 15.0. The molecule has 3 aliphatic heterocycles. The molecule has 222 valence electrons. The number of hydrogen-bond acceptors (Lipinski definition) is 8. The van der Waals surface area contributed by atoms with Crippen molar-refractivity contribution in [1.82, 2.24) is 9.80 Å². The Kier molecular flexibility index (Phi) is 9.38. The molecule has 6 rings (SSSR count). The molecule has 1 aromatic heterocycles. The van der Waals surface area contributed by atoms with Crippen molar-refractivity contribution in [3.05, 3.63) is 76.7 Å². The molecule has 0 aliphatic carbocycles. The molecule has 3 aromatic rings. The molecule has 2 fully saturated rings. The third-order valence-electron chi connectivity index (χ3n) is 8.08. The highest BCUT2D eigenvalue weighted by Crippen LogP contribution is 2.39. The smallest absolute Gasteiger partial charge is 0.414 e. The highest BCUT2D eigenvalue weighted by molar-refractivity contribution is 7.16. The molecular formula is C31H36IN5O4S. The average molecular weight is 702 g/mol. The van der Waals surface area contributed by atoms with Gasteiger partial charge in [-0.1, -0.05) is 42.5 Å². The summed E-state index contributed by atoms with van der Waals surface area (Å²) < 4.78 is 11.9. The van der Waals surface area contributed by atoms with Crippen molar-refractivity contribution in [2.75, 3.05) is 51.8 Å². The molecule has 0 unspecified atom stereocenters. The fourth-order valence-corrected chi connectivity index (χ4v) is 6.55. The number of nitrogens with zero attached hydrogens (tertiary/aromatic N) is 4. The highest BCUT2D eigenvalue weighted by atomic mass is 127. The fraction of sp³-hybridized carbons (Fsp3) is 0.387. The Labute approximate surface area is 267 Å². The van der Waals surface area contributed by atoms with Gasteiger partial charge in [0.15, 0.2) is 0 Å². The molecule has 1 N–H and O–H groups in total. The standard InChI is InChI=1S/C31H36N5O4S.HI/c1-22-19-24-28(32-25-11-6-7-12-26(25)33-29(24)41-22)34-15-17-36(2,18-16-34)21-40-31(38)35-14-8-13-27(35)30(37)39-20-23-9-4-3-5-10-23;/h3-7,9-12,19,27,33H,8,13-18,20-21H2,1-2H3;1H/q+1;/p-1/t27-;/m0./s1. The number of amidine groups is 1. The maximum absolute atomic E-state index is 13.1. The van der Waals surface area contributed by atoms with Crippen LogP contribution in [-0.2, 0) is 20.9 Å². The topological polar surface area (TPSA) is 83.5 Å². The summed E-state index contributed by atoms with van der Waals surface area (Å²) in [7, 11) is 2.12. The number of likely N-dealkylation sites (N-methyl/N-ethyl adjacent to an activating group) is 1. The summed E-state index contributed by atoms with van der Waals surface area (Å²) in [5.74, 6) is 0.611. The van der Waals surface area contributed by atoms with E-state index in [0.717, 1.165) is 65.9 Å². The molecule has 1 amide bonds. The van der Waals surface area contributed by atoms with E-state index in [-0.39, 0.29) is 43.3 Å². The lowest BCUT2D eigenvalue weighted by molar-refractivity contribution is -0.929. The summed E-state index contributed by atoms with van der Waals surface area (Å²) in [4.78, 5) is 36.1. The molecule has 0 radical (unpaired) electrons. The number of carbonyl (C=O) groups is 2. The van der Waals surface area contributed by atoms with Crippen molar-refractivity contribution in [2.24, 2.45) is 4.99 Å². The number of amides is 1. The second-order valence-corrected chi connectivity index (χ2v) is 12.5. The number of likely N-dealkylation sites (tertiary alicyclic amines) is 1. The number of anilines is 2. The molecule has 11 heteroatoms. The van der Waals surface area contributed by atoms with E-state index in [1.807, 2.05) is 48.5 Å². The van der Waals surface area contributed by atoms with E-state index in [1.54, 1.807) is 11.3 Å². The van der Waals surface area contributed by atoms with Gasteiger partial charge in [0.25, 0.3) is 0 Å². The summed E-state index contributed by atoms with van der Waals surface area (Å²) >= 11 is 1.74. The van der Waals surface area contributed by atoms with Gasteiger partial charge in [-0.3, -0.25) is 9.38 Å². The van der Waals surface area contributed by atoms with Crippen molar-refractivity contribution in [3.8, 4) is 0 Å². The van der Waals surface area contributed by atoms with E-state index in [0.29, 0.717) is 17.4 Å². The summed E-state index contributed by atoms with van der Waals surface area (Å²) in [5, 5.41) is 4.69. The molecular weight excluding hydrogens is 665 g/mol. The number of esters is 1. The number of fused-ring (bicyclic) bond motifs is 2. The predicted octanol–water partition coefficient (Wildman–Crippen LogP) is 2.26. The van der Waals surface area contributed by atoms with E-state index in [9.17, 15) is 9.59 Å². The number of piperazine rings is 1. The number of nitrogens with one attached hydrogen (secondary N) is 1. The van der Waals surface area contributed by atoms with Gasteiger partial charge in [-0.15, -0.1) is 11.3 Å². The average Bonchev–Trinajstić information content (AvgIpc) is 3.59. The maximum Gasteiger partial charge on any atom is 0.414 e. The molecule has 0 spiro atoms. The molecule has 1 atom stereocenters. The lowest BCUT2D eigenvalue weighted by Crippen LogP contribution is -3.00. The molecule has 3 aliphatic rings. The second-order valence-electron chi connectivity index (χ2n) is 11.2. The number of rotatable bonds is 5. The monoisotopic (exact) mass is 701 g/mol. The van der Waals surface area contributed by atoms with Gasteiger partial charge in [-0.2, -0.15) is 0 Å². The van der Waals surface area contributed by atoms with Crippen LogP contribution < -0.4 is 29.3 Å². The van der Waals surface area contributed by atoms with E-state index >= 15 is 0 Å². The minimum Gasteiger partial charge on any atom is -1.00 e. The van der Waals surface area contributed by atoms with Gasteiger partial charge in [0.1, 0.15) is 23.5 Å². The third-order valence-corrected chi connectivity index (χ3v) is 9.04. The maximum atomic E-state index is 13.1. The number of ether oxygens (including phenoxy) is 2. The molecule has 2 aromatic carbocycles. The van der Waals surface area contributed by atoms with Crippen LogP contribution in [0.1, 0.15) is 28.8 Å². The van der Waals surface area contributed by atoms with Gasteiger partial charge < -0.3 is 43.7 Å². The Hall–Kier alpha value is -3.16. The second kappa shape index (κ2) is 13.0. The Morgan fingerprint density at radius 3 is 2.57 bits per heavy atom.